The normalized spacial score (nSPS) is 12.4. The van der Waals surface area contributed by atoms with Crippen LogP contribution in [0.4, 0.5) is 0 Å². The minimum Gasteiger partial charge on any atom is -0.370 e. The van der Waals surface area contributed by atoms with Gasteiger partial charge in [0.2, 0.25) is 0 Å². The molecule has 0 aliphatic heterocycles. The van der Waals surface area contributed by atoms with E-state index in [0.717, 1.165) is 19.3 Å². The highest BCUT2D eigenvalue weighted by Gasteiger charge is 2.38. The lowest BCUT2D eigenvalue weighted by Crippen LogP contribution is -2.45. The van der Waals surface area contributed by atoms with Crippen molar-refractivity contribution in [2.45, 2.75) is 97.8 Å². The second-order valence-electron chi connectivity index (χ2n) is 7.31. The second-order valence-corrected chi connectivity index (χ2v) is 9.72. The molecule has 0 spiro atoms. The summed E-state index contributed by atoms with van der Waals surface area (Å²) in [6.45, 7) is 12.6. The summed E-state index contributed by atoms with van der Waals surface area (Å²) in [6.07, 6.45) is 21.9. The quantitative estimate of drug-likeness (QED) is 0.111. The summed E-state index contributed by atoms with van der Waals surface area (Å²) in [5.41, 5.74) is 2.05. The SMILES string of the molecule is C=CC=CC=C[Si](OCCCCCC)(OCCCCCC)OCCCCCC. The van der Waals surface area contributed by atoms with Gasteiger partial charge in [0.05, 0.1) is 0 Å². The van der Waals surface area contributed by atoms with Crippen LogP contribution in [-0.2, 0) is 13.3 Å². The van der Waals surface area contributed by atoms with Crippen molar-refractivity contribution in [3.8, 4) is 0 Å². The fourth-order valence-electron chi connectivity index (χ4n) is 2.82. The van der Waals surface area contributed by atoms with Crippen molar-refractivity contribution < 1.29 is 13.3 Å². The summed E-state index contributed by atoms with van der Waals surface area (Å²) in [6, 6.07) is 0. The molecule has 0 heterocycles. The van der Waals surface area contributed by atoms with E-state index in [1.165, 1.54) is 57.8 Å². The third kappa shape index (κ3) is 16.3. The lowest BCUT2D eigenvalue weighted by atomic mass is 10.2. The average Bonchev–Trinajstić information content (AvgIpc) is 2.70. The molecule has 0 aromatic carbocycles. The minimum atomic E-state index is -2.79. The van der Waals surface area contributed by atoms with Gasteiger partial charge < -0.3 is 13.3 Å². The molecule has 0 aromatic rings. The van der Waals surface area contributed by atoms with Crippen LogP contribution in [0.2, 0.25) is 0 Å². The van der Waals surface area contributed by atoms with Crippen molar-refractivity contribution in [1.82, 2.24) is 0 Å². The third-order valence-corrected chi connectivity index (χ3v) is 6.98. The Labute approximate surface area is 176 Å². The van der Waals surface area contributed by atoms with Crippen molar-refractivity contribution in [1.29, 1.82) is 0 Å². The molecule has 0 saturated heterocycles. The molecule has 0 aromatic heterocycles. The zero-order chi connectivity index (χ0) is 20.8. The molecule has 0 aliphatic rings. The Balaban J connectivity index is 4.88. The van der Waals surface area contributed by atoms with E-state index >= 15 is 0 Å². The smallest absolute Gasteiger partial charge is 0.370 e. The Kier molecular flexibility index (Phi) is 20.5. The van der Waals surface area contributed by atoms with Crippen LogP contribution in [0.15, 0.2) is 36.6 Å². The first kappa shape index (κ1) is 27.3. The molecule has 0 atom stereocenters. The van der Waals surface area contributed by atoms with Gasteiger partial charge in [0, 0.05) is 19.8 Å². The van der Waals surface area contributed by atoms with Crippen molar-refractivity contribution in [3.05, 3.63) is 36.6 Å². The zero-order valence-corrected chi connectivity index (χ0v) is 19.9. The van der Waals surface area contributed by atoms with Crippen molar-refractivity contribution >= 4 is 8.80 Å². The van der Waals surface area contributed by atoms with Gasteiger partial charge in [-0.25, -0.2) is 0 Å². The molecule has 164 valence electrons. The topological polar surface area (TPSA) is 27.7 Å². The van der Waals surface area contributed by atoms with Crippen LogP contribution in [0.25, 0.3) is 0 Å². The van der Waals surface area contributed by atoms with Gasteiger partial charge in [-0.3, -0.25) is 0 Å². The highest BCUT2D eigenvalue weighted by atomic mass is 28.4. The van der Waals surface area contributed by atoms with Crippen molar-refractivity contribution in [2.24, 2.45) is 0 Å². The maximum atomic E-state index is 6.32. The maximum absolute atomic E-state index is 6.32. The molecular weight excluding hydrogens is 364 g/mol. The van der Waals surface area contributed by atoms with Crippen LogP contribution in [0.3, 0.4) is 0 Å². The maximum Gasteiger partial charge on any atom is 0.529 e. The van der Waals surface area contributed by atoms with E-state index in [1.807, 2.05) is 23.9 Å². The predicted molar refractivity (Wildman–Crippen MR) is 125 cm³/mol. The van der Waals surface area contributed by atoms with E-state index in [9.17, 15) is 0 Å². The molecule has 0 saturated carbocycles. The second kappa shape index (κ2) is 21.0. The number of hydrogen-bond acceptors (Lipinski definition) is 3. The largest absolute Gasteiger partial charge is 0.529 e. The van der Waals surface area contributed by atoms with Gasteiger partial charge in [-0.1, -0.05) is 109 Å². The first-order valence-electron chi connectivity index (χ1n) is 11.6. The number of allylic oxidation sites excluding steroid dienone is 4. The fourth-order valence-corrected chi connectivity index (χ4v) is 4.99. The van der Waals surface area contributed by atoms with Gasteiger partial charge >= 0.3 is 8.80 Å². The summed E-state index contributed by atoms with van der Waals surface area (Å²) in [7, 11) is -2.79. The van der Waals surface area contributed by atoms with Gasteiger partial charge in [-0.05, 0) is 25.0 Å². The first-order chi connectivity index (χ1) is 13.7. The summed E-state index contributed by atoms with van der Waals surface area (Å²) in [4.78, 5) is 0. The van der Waals surface area contributed by atoms with Gasteiger partial charge in [0.15, 0.2) is 0 Å². The Morgan fingerprint density at radius 1 is 0.571 bits per heavy atom. The van der Waals surface area contributed by atoms with Crippen LogP contribution in [-0.4, -0.2) is 28.6 Å². The molecule has 0 bridgehead atoms. The lowest BCUT2D eigenvalue weighted by molar-refractivity contribution is 0.0673. The summed E-state index contributed by atoms with van der Waals surface area (Å²) >= 11 is 0. The number of rotatable bonds is 21. The molecule has 0 radical (unpaired) electrons. The monoisotopic (exact) mass is 410 g/mol. The van der Waals surface area contributed by atoms with Crippen LogP contribution < -0.4 is 0 Å². The van der Waals surface area contributed by atoms with E-state index < -0.39 is 8.80 Å². The molecule has 4 heteroatoms. The number of hydrogen-bond donors (Lipinski definition) is 0. The van der Waals surface area contributed by atoms with E-state index in [4.69, 9.17) is 13.3 Å². The molecule has 0 amide bonds. The average molecular weight is 411 g/mol. The molecule has 0 aliphatic carbocycles. The summed E-state index contributed by atoms with van der Waals surface area (Å²) in [5.74, 6) is 0. The van der Waals surface area contributed by atoms with Crippen molar-refractivity contribution in [2.75, 3.05) is 19.8 Å². The molecule has 3 nitrogen and oxygen atoms in total. The minimum absolute atomic E-state index is 0.714. The molecule has 0 unspecified atom stereocenters. The predicted octanol–water partition coefficient (Wildman–Crippen LogP) is 7.55. The lowest BCUT2D eigenvalue weighted by Gasteiger charge is -2.27. The Morgan fingerprint density at radius 2 is 1.00 bits per heavy atom. The van der Waals surface area contributed by atoms with Gasteiger partial charge in [-0.2, -0.15) is 0 Å². The molecular formula is C24H46O3Si. The number of unbranched alkanes of at least 4 members (excludes halogenated alkanes) is 9. The van der Waals surface area contributed by atoms with Gasteiger partial charge in [-0.15, -0.1) is 0 Å². The molecule has 0 N–H and O–H groups in total. The standard InChI is InChI=1S/C24H46O3Si/c1-5-9-13-17-21-25-28(24-20-16-12-8-4,26-22-18-14-10-6-2)27-23-19-15-11-7-3/h8,12,16,20,24H,4-7,9-11,13-15,17-19,21-23H2,1-3H3. The third-order valence-electron chi connectivity index (χ3n) is 4.56. The Morgan fingerprint density at radius 3 is 1.36 bits per heavy atom. The highest BCUT2D eigenvalue weighted by molar-refractivity contribution is 6.66. The van der Waals surface area contributed by atoms with E-state index in [0.29, 0.717) is 19.8 Å². The van der Waals surface area contributed by atoms with Gasteiger partial charge in [0.1, 0.15) is 0 Å². The first-order valence-corrected chi connectivity index (χ1v) is 13.4. The zero-order valence-electron chi connectivity index (χ0n) is 18.9. The Bertz CT molecular complexity index is 357. The highest BCUT2D eigenvalue weighted by Crippen LogP contribution is 2.16. The van der Waals surface area contributed by atoms with E-state index in [2.05, 4.69) is 27.4 Å². The fraction of sp³-hybridized carbons (Fsp3) is 0.750. The molecule has 28 heavy (non-hydrogen) atoms. The van der Waals surface area contributed by atoms with Crippen LogP contribution in [0, 0.1) is 0 Å². The van der Waals surface area contributed by atoms with Crippen LogP contribution in [0.5, 0.6) is 0 Å². The molecule has 0 fully saturated rings. The summed E-state index contributed by atoms with van der Waals surface area (Å²) in [5, 5.41) is 0. The van der Waals surface area contributed by atoms with Crippen LogP contribution in [0.1, 0.15) is 97.8 Å². The Hall–Kier alpha value is -0.683. The molecule has 0 rings (SSSR count). The van der Waals surface area contributed by atoms with E-state index in [-0.39, 0.29) is 0 Å². The summed E-state index contributed by atoms with van der Waals surface area (Å²) < 4.78 is 19.0. The van der Waals surface area contributed by atoms with Gasteiger partial charge in [0.25, 0.3) is 0 Å². The van der Waals surface area contributed by atoms with Crippen molar-refractivity contribution in [3.63, 3.8) is 0 Å². The van der Waals surface area contributed by atoms with Crippen LogP contribution >= 0.6 is 0 Å². The van der Waals surface area contributed by atoms with E-state index in [1.54, 1.807) is 6.08 Å².